The quantitative estimate of drug-likeness (QED) is 0.716. The Kier molecular flexibility index (Phi) is 5.15. The van der Waals surface area contributed by atoms with Crippen LogP contribution in [0.5, 0.6) is 0 Å². The van der Waals surface area contributed by atoms with Gasteiger partial charge < -0.3 is 14.7 Å². The highest BCUT2D eigenvalue weighted by Gasteiger charge is 2.29. The van der Waals surface area contributed by atoms with E-state index in [1.54, 1.807) is 17.5 Å². The summed E-state index contributed by atoms with van der Waals surface area (Å²) in [7, 11) is 0. The van der Waals surface area contributed by atoms with E-state index in [9.17, 15) is 4.79 Å². The molecule has 3 aromatic rings. The lowest BCUT2D eigenvalue weighted by Gasteiger charge is -2.34. The Morgan fingerprint density at radius 2 is 2.33 bits per heavy atom. The number of likely N-dealkylation sites (tertiary alicyclic amines) is 1. The molecule has 27 heavy (non-hydrogen) atoms. The van der Waals surface area contributed by atoms with Crippen LogP contribution in [0.1, 0.15) is 43.1 Å². The number of anilines is 1. The van der Waals surface area contributed by atoms with Gasteiger partial charge in [-0.3, -0.25) is 0 Å². The van der Waals surface area contributed by atoms with E-state index in [-0.39, 0.29) is 12.1 Å². The standard InChI is InChI=1S/C19H21N5O2S/c1-2-16-22-17(26-23-16)13-6-5-7-14(12-13)21-19(25)24-10-4-3-8-15(24)18-20-9-11-27-18/h5-7,9,11-12,15H,2-4,8,10H2,1H3,(H,21,25). The van der Waals surface area contributed by atoms with Crippen LogP contribution in [0.2, 0.25) is 0 Å². The van der Waals surface area contributed by atoms with Crippen LogP contribution in [0, 0.1) is 0 Å². The predicted octanol–water partition coefficient (Wildman–Crippen LogP) is 4.51. The molecule has 1 aliphatic rings. The molecule has 1 aliphatic heterocycles. The Hall–Kier alpha value is -2.74. The second-order valence-corrected chi connectivity index (χ2v) is 7.38. The predicted molar refractivity (Wildman–Crippen MR) is 104 cm³/mol. The molecular weight excluding hydrogens is 362 g/mol. The summed E-state index contributed by atoms with van der Waals surface area (Å²) in [5.41, 5.74) is 1.49. The van der Waals surface area contributed by atoms with Crippen molar-refractivity contribution in [3.05, 3.63) is 46.7 Å². The number of amides is 2. The number of hydrogen-bond acceptors (Lipinski definition) is 6. The van der Waals surface area contributed by atoms with Crippen molar-refractivity contribution in [1.82, 2.24) is 20.0 Å². The van der Waals surface area contributed by atoms with Gasteiger partial charge in [0.2, 0.25) is 0 Å². The first-order valence-electron chi connectivity index (χ1n) is 9.14. The van der Waals surface area contributed by atoms with E-state index in [1.165, 1.54) is 0 Å². The lowest BCUT2D eigenvalue weighted by atomic mass is 10.0. The van der Waals surface area contributed by atoms with E-state index < -0.39 is 0 Å². The van der Waals surface area contributed by atoms with Gasteiger partial charge in [0.1, 0.15) is 5.01 Å². The number of thiazole rings is 1. The molecule has 1 aromatic carbocycles. The first-order valence-corrected chi connectivity index (χ1v) is 10.0. The van der Waals surface area contributed by atoms with Crippen LogP contribution in [0.25, 0.3) is 11.5 Å². The average molecular weight is 383 g/mol. The van der Waals surface area contributed by atoms with Gasteiger partial charge in [-0.2, -0.15) is 4.98 Å². The number of benzene rings is 1. The molecule has 8 heteroatoms. The second kappa shape index (κ2) is 7.87. The van der Waals surface area contributed by atoms with Crippen molar-refractivity contribution in [2.75, 3.05) is 11.9 Å². The van der Waals surface area contributed by atoms with Gasteiger partial charge >= 0.3 is 6.03 Å². The molecule has 0 saturated carbocycles. The lowest BCUT2D eigenvalue weighted by Crippen LogP contribution is -2.41. The third kappa shape index (κ3) is 3.85. The number of rotatable bonds is 4. The van der Waals surface area contributed by atoms with Gasteiger partial charge in [-0.25, -0.2) is 9.78 Å². The van der Waals surface area contributed by atoms with Crippen LogP contribution >= 0.6 is 11.3 Å². The van der Waals surface area contributed by atoms with Crippen LogP contribution < -0.4 is 5.32 Å². The fourth-order valence-electron chi connectivity index (χ4n) is 3.27. The SMILES string of the molecule is CCc1noc(-c2cccc(NC(=O)N3CCCCC3c3nccs3)c2)n1. The molecule has 7 nitrogen and oxygen atoms in total. The largest absolute Gasteiger partial charge is 0.334 e. The average Bonchev–Trinajstić information content (AvgIpc) is 3.40. The lowest BCUT2D eigenvalue weighted by molar-refractivity contribution is 0.163. The monoisotopic (exact) mass is 383 g/mol. The van der Waals surface area contributed by atoms with Crippen molar-refractivity contribution in [2.45, 2.75) is 38.6 Å². The molecule has 2 amide bonds. The van der Waals surface area contributed by atoms with Crippen molar-refractivity contribution in [1.29, 1.82) is 0 Å². The number of nitrogens with one attached hydrogen (secondary N) is 1. The molecule has 0 aliphatic carbocycles. The number of piperidine rings is 1. The summed E-state index contributed by atoms with van der Waals surface area (Å²) in [6.07, 6.45) is 5.58. The van der Waals surface area contributed by atoms with Gasteiger partial charge in [0.25, 0.3) is 5.89 Å². The Morgan fingerprint density at radius 3 is 3.11 bits per heavy atom. The van der Waals surface area contributed by atoms with E-state index in [1.807, 2.05) is 41.5 Å². The number of carbonyl (C=O) groups is 1. The van der Waals surface area contributed by atoms with Crippen LogP contribution in [0.3, 0.4) is 0 Å². The molecule has 0 radical (unpaired) electrons. The van der Waals surface area contributed by atoms with Crippen molar-refractivity contribution >= 4 is 23.1 Å². The molecule has 1 N–H and O–H groups in total. The molecule has 0 spiro atoms. The Labute approximate surface area is 161 Å². The van der Waals surface area contributed by atoms with Crippen molar-refractivity contribution in [3.8, 4) is 11.5 Å². The summed E-state index contributed by atoms with van der Waals surface area (Å²) < 4.78 is 5.29. The molecule has 4 rings (SSSR count). The number of aromatic nitrogens is 3. The van der Waals surface area contributed by atoms with Crippen LogP contribution in [-0.4, -0.2) is 32.6 Å². The summed E-state index contributed by atoms with van der Waals surface area (Å²) in [6.45, 7) is 2.71. The van der Waals surface area contributed by atoms with Gasteiger partial charge in [0.15, 0.2) is 5.82 Å². The molecule has 1 atom stereocenters. The molecule has 140 valence electrons. The summed E-state index contributed by atoms with van der Waals surface area (Å²) in [5, 5.41) is 9.89. The van der Waals surface area contributed by atoms with Crippen molar-refractivity contribution in [2.24, 2.45) is 0 Å². The Morgan fingerprint density at radius 1 is 1.41 bits per heavy atom. The van der Waals surface area contributed by atoms with E-state index >= 15 is 0 Å². The topological polar surface area (TPSA) is 84.2 Å². The minimum Gasteiger partial charge on any atom is -0.334 e. The zero-order valence-corrected chi connectivity index (χ0v) is 15.9. The van der Waals surface area contributed by atoms with Crippen molar-refractivity contribution < 1.29 is 9.32 Å². The number of nitrogens with zero attached hydrogens (tertiary/aromatic N) is 4. The van der Waals surface area contributed by atoms with E-state index in [4.69, 9.17) is 4.52 Å². The second-order valence-electron chi connectivity index (χ2n) is 6.46. The van der Waals surface area contributed by atoms with Crippen molar-refractivity contribution in [3.63, 3.8) is 0 Å². The number of carbonyl (C=O) groups excluding carboxylic acids is 1. The maximum absolute atomic E-state index is 12.9. The molecule has 0 bridgehead atoms. The Balaban J connectivity index is 1.51. The summed E-state index contributed by atoms with van der Waals surface area (Å²) >= 11 is 1.60. The number of urea groups is 1. The highest BCUT2D eigenvalue weighted by atomic mass is 32.1. The number of hydrogen-bond donors (Lipinski definition) is 1. The first-order chi connectivity index (χ1) is 13.2. The molecule has 1 unspecified atom stereocenters. The highest BCUT2D eigenvalue weighted by molar-refractivity contribution is 7.09. The minimum absolute atomic E-state index is 0.0463. The van der Waals surface area contributed by atoms with Gasteiger partial charge in [0.05, 0.1) is 6.04 Å². The summed E-state index contributed by atoms with van der Waals surface area (Å²) in [6, 6.07) is 7.42. The van der Waals surface area contributed by atoms with Gasteiger partial charge in [0, 0.05) is 35.8 Å². The smallest absolute Gasteiger partial charge is 0.322 e. The number of aryl methyl sites for hydroxylation is 1. The van der Waals surface area contributed by atoms with Crippen LogP contribution in [0.15, 0.2) is 40.4 Å². The summed E-state index contributed by atoms with van der Waals surface area (Å²) in [5.74, 6) is 1.13. The van der Waals surface area contributed by atoms with Gasteiger partial charge in [-0.1, -0.05) is 18.1 Å². The minimum atomic E-state index is -0.105. The maximum Gasteiger partial charge on any atom is 0.322 e. The van der Waals surface area contributed by atoms with E-state index in [0.29, 0.717) is 23.8 Å². The van der Waals surface area contributed by atoms with E-state index in [2.05, 4.69) is 20.4 Å². The molecule has 2 aromatic heterocycles. The summed E-state index contributed by atoms with van der Waals surface area (Å²) in [4.78, 5) is 23.6. The first kappa shape index (κ1) is 17.7. The van der Waals surface area contributed by atoms with E-state index in [0.717, 1.165) is 36.4 Å². The zero-order chi connectivity index (χ0) is 18.6. The highest BCUT2D eigenvalue weighted by Crippen LogP contribution is 2.32. The van der Waals surface area contributed by atoms with Crippen LogP contribution in [-0.2, 0) is 6.42 Å². The van der Waals surface area contributed by atoms with Crippen LogP contribution in [0.4, 0.5) is 10.5 Å². The molecule has 1 fully saturated rings. The third-order valence-electron chi connectivity index (χ3n) is 4.65. The maximum atomic E-state index is 12.9. The molecule has 3 heterocycles. The normalized spacial score (nSPS) is 17.1. The fraction of sp³-hybridized carbons (Fsp3) is 0.368. The molecule has 1 saturated heterocycles. The fourth-order valence-corrected chi connectivity index (χ4v) is 4.06. The Bertz CT molecular complexity index is 908. The third-order valence-corrected chi connectivity index (χ3v) is 5.52. The molecular formula is C19H21N5O2S. The van der Waals surface area contributed by atoms with Gasteiger partial charge in [-0.05, 0) is 37.5 Å². The van der Waals surface area contributed by atoms with Gasteiger partial charge in [-0.15, -0.1) is 11.3 Å². The zero-order valence-electron chi connectivity index (χ0n) is 15.1.